The van der Waals surface area contributed by atoms with E-state index in [9.17, 15) is 8.42 Å². The highest BCUT2D eigenvalue weighted by Crippen LogP contribution is 2.10. The molecule has 0 atom stereocenters. The SMILES string of the molecule is CS(=O)(=O)Cc1cccc(CCCO)c1. The van der Waals surface area contributed by atoms with Crippen LogP contribution < -0.4 is 0 Å². The van der Waals surface area contributed by atoms with E-state index >= 15 is 0 Å². The minimum absolute atomic E-state index is 0.0833. The van der Waals surface area contributed by atoms with Crippen molar-refractivity contribution < 1.29 is 13.5 Å². The van der Waals surface area contributed by atoms with Crippen LogP contribution in [0.4, 0.5) is 0 Å². The van der Waals surface area contributed by atoms with E-state index in [2.05, 4.69) is 0 Å². The summed E-state index contributed by atoms with van der Waals surface area (Å²) in [4.78, 5) is 0. The predicted octanol–water partition coefficient (Wildman–Crippen LogP) is 1.16. The molecule has 0 fully saturated rings. The number of aliphatic hydroxyl groups is 1. The smallest absolute Gasteiger partial charge is 0.151 e. The zero-order valence-electron chi connectivity index (χ0n) is 8.81. The van der Waals surface area contributed by atoms with Crippen molar-refractivity contribution in [3.63, 3.8) is 0 Å². The summed E-state index contributed by atoms with van der Waals surface area (Å²) in [5.74, 6) is 0.0833. The number of rotatable bonds is 5. The maximum absolute atomic E-state index is 11.1. The van der Waals surface area contributed by atoms with Crippen LogP contribution in [-0.2, 0) is 22.0 Å². The second-order valence-electron chi connectivity index (χ2n) is 3.72. The highest BCUT2D eigenvalue weighted by atomic mass is 32.2. The molecule has 84 valence electrons. The fourth-order valence-electron chi connectivity index (χ4n) is 1.46. The van der Waals surface area contributed by atoms with Gasteiger partial charge < -0.3 is 5.11 Å². The Balaban J connectivity index is 2.74. The summed E-state index contributed by atoms with van der Waals surface area (Å²) in [5, 5.41) is 8.69. The molecule has 0 unspecified atom stereocenters. The Bertz CT molecular complexity index is 410. The zero-order chi connectivity index (χ0) is 11.3. The molecular formula is C11H16O3S. The molecule has 15 heavy (non-hydrogen) atoms. The lowest BCUT2D eigenvalue weighted by molar-refractivity contribution is 0.288. The van der Waals surface area contributed by atoms with E-state index in [4.69, 9.17) is 5.11 Å². The van der Waals surface area contributed by atoms with Crippen LogP contribution in [0, 0.1) is 0 Å². The topological polar surface area (TPSA) is 54.4 Å². The molecule has 3 nitrogen and oxygen atoms in total. The maximum atomic E-state index is 11.1. The van der Waals surface area contributed by atoms with Crippen LogP contribution in [-0.4, -0.2) is 26.4 Å². The van der Waals surface area contributed by atoms with Gasteiger partial charge in [-0.25, -0.2) is 8.42 Å². The van der Waals surface area contributed by atoms with E-state index in [0.717, 1.165) is 17.5 Å². The first-order chi connectivity index (χ1) is 7.01. The second-order valence-corrected chi connectivity index (χ2v) is 5.86. The molecular weight excluding hydrogens is 212 g/mol. The molecule has 1 aromatic rings. The van der Waals surface area contributed by atoms with Crippen molar-refractivity contribution in [2.75, 3.05) is 12.9 Å². The lowest BCUT2D eigenvalue weighted by atomic mass is 10.1. The van der Waals surface area contributed by atoms with Crippen LogP contribution in [0.2, 0.25) is 0 Å². The van der Waals surface area contributed by atoms with E-state index in [-0.39, 0.29) is 12.4 Å². The molecule has 1 aromatic carbocycles. The fraction of sp³-hybridized carbons (Fsp3) is 0.455. The summed E-state index contributed by atoms with van der Waals surface area (Å²) in [6.45, 7) is 0.163. The first kappa shape index (κ1) is 12.2. The molecule has 0 spiro atoms. The Morgan fingerprint density at radius 3 is 2.53 bits per heavy atom. The summed E-state index contributed by atoms with van der Waals surface area (Å²) in [6, 6.07) is 7.49. The molecule has 1 rings (SSSR count). The summed E-state index contributed by atoms with van der Waals surface area (Å²) >= 11 is 0. The number of hydrogen-bond acceptors (Lipinski definition) is 3. The van der Waals surface area contributed by atoms with Crippen molar-refractivity contribution in [3.8, 4) is 0 Å². The normalized spacial score (nSPS) is 11.6. The summed E-state index contributed by atoms with van der Waals surface area (Å²) < 4.78 is 22.2. The summed E-state index contributed by atoms with van der Waals surface area (Å²) in [5.41, 5.74) is 1.89. The predicted molar refractivity (Wildman–Crippen MR) is 60.4 cm³/mol. The highest BCUT2D eigenvalue weighted by Gasteiger charge is 2.04. The van der Waals surface area contributed by atoms with Gasteiger partial charge in [-0.05, 0) is 24.0 Å². The van der Waals surface area contributed by atoms with Gasteiger partial charge in [-0.15, -0.1) is 0 Å². The van der Waals surface area contributed by atoms with Crippen LogP contribution in [0.15, 0.2) is 24.3 Å². The van der Waals surface area contributed by atoms with E-state index in [1.54, 1.807) is 0 Å². The third-order valence-corrected chi connectivity index (χ3v) is 2.90. The fourth-order valence-corrected chi connectivity index (χ4v) is 2.25. The zero-order valence-corrected chi connectivity index (χ0v) is 9.63. The monoisotopic (exact) mass is 228 g/mol. The van der Waals surface area contributed by atoms with Gasteiger partial charge in [0.1, 0.15) is 0 Å². The van der Waals surface area contributed by atoms with E-state index in [1.165, 1.54) is 6.26 Å². The van der Waals surface area contributed by atoms with Crippen molar-refractivity contribution in [2.24, 2.45) is 0 Å². The van der Waals surface area contributed by atoms with Crippen LogP contribution in [0.25, 0.3) is 0 Å². The van der Waals surface area contributed by atoms with Gasteiger partial charge in [-0.2, -0.15) is 0 Å². The largest absolute Gasteiger partial charge is 0.396 e. The standard InChI is InChI=1S/C11H16O3S/c1-15(13,14)9-11-5-2-4-10(8-11)6-3-7-12/h2,4-5,8,12H,3,6-7,9H2,1H3. The second kappa shape index (κ2) is 5.28. The molecule has 0 aliphatic carbocycles. The van der Waals surface area contributed by atoms with E-state index in [1.807, 2.05) is 24.3 Å². The number of aryl methyl sites for hydroxylation is 1. The Morgan fingerprint density at radius 1 is 1.27 bits per heavy atom. The van der Waals surface area contributed by atoms with Crippen molar-refractivity contribution in [3.05, 3.63) is 35.4 Å². The molecule has 0 aromatic heterocycles. The minimum Gasteiger partial charge on any atom is -0.396 e. The van der Waals surface area contributed by atoms with Gasteiger partial charge >= 0.3 is 0 Å². The third-order valence-electron chi connectivity index (χ3n) is 2.04. The molecule has 0 radical (unpaired) electrons. The Morgan fingerprint density at radius 2 is 1.93 bits per heavy atom. The number of aliphatic hydroxyl groups excluding tert-OH is 1. The van der Waals surface area contributed by atoms with E-state index in [0.29, 0.717) is 6.42 Å². The van der Waals surface area contributed by atoms with E-state index < -0.39 is 9.84 Å². The number of benzene rings is 1. The average molecular weight is 228 g/mol. The van der Waals surface area contributed by atoms with Crippen molar-refractivity contribution in [1.29, 1.82) is 0 Å². The van der Waals surface area contributed by atoms with Gasteiger partial charge in [0.15, 0.2) is 9.84 Å². The molecule has 0 saturated heterocycles. The minimum atomic E-state index is -2.96. The maximum Gasteiger partial charge on any atom is 0.151 e. The van der Waals surface area contributed by atoms with Gasteiger partial charge in [0.05, 0.1) is 5.75 Å². The first-order valence-electron chi connectivity index (χ1n) is 4.87. The van der Waals surface area contributed by atoms with Crippen molar-refractivity contribution >= 4 is 9.84 Å². The Labute approximate surface area is 90.7 Å². The van der Waals surface area contributed by atoms with Gasteiger partial charge in [-0.1, -0.05) is 24.3 Å². The molecule has 0 amide bonds. The van der Waals surface area contributed by atoms with Gasteiger partial charge in [0.2, 0.25) is 0 Å². The molecule has 0 heterocycles. The average Bonchev–Trinajstić information content (AvgIpc) is 2.12. The lowest BCUT2D eigenvalue weighted by Gasteiger charge is -2.03. The highest BCUT2D eigenvalue weighted by molar-refractivity contribution is 7.89. The van der Waals surface area contributed by atoms with Gasteiger partial charge in [0.25, 0.3) is 0 Å². The molecule has 0 saturated carbocycles. The summed E-state index contributed by atoms with van der Waals surface area (Å²) in [6.07, 6.45) is 2.73. The van der Waals surface area contributed by atoms with Crippen molar-refractivity contribution in [2.45, 2.75) is 18.6 Å². The molecule has 0 bridgehead atoms. The summed E-state index contributed by atoms with van der Waals surface area (Å²) in [7, 11) is -2.96. The molecule has 1 N–H and O–H groups in total. The van der Waals surface area contributed by atoms with Gasteiger partial charge in [-0.3, -0.25) is 0 Å². The molecule has 0 aliphatic heterocycles. The van der Waals surface area contributed by atoms with Gasteiger partial charge in [0, 0.05) is 12.9 Å². The Hall–Kier alpha value is -0.870. The van der Waals surface area contributed by atoms with Crippen LogP contribution in [0.1, 0.15) is 17.5 Å². The third kappa shape index (κ3) is 4.95. The Kier molecular flexibility index (Phi) is 4.29. The first-order valence-corrected chi connectivity index (χ1v) is 6.94. The van der Waals surface area contributed by atoms with Crippen LogP contribution in [0.5, 0.6) is 0 Å². The number of hydrogen-bond donors (Lipinski definition) is 1. The molecule has 0 aliphatic rings. The molecule has 4 heteroatoms. The number of sulfone groups is 1. The van der Waals surface area contributed by atoms with Crippen molar-refractivity contribution in [1.82, 2.24) is 0 Å². The lowest BCUT2D eigenvalue weighted by Crippen LogP contribution is -2.01. The quantitative estimate of drug-likeness (QED) is 0.822. The van der Waals surface area contributed by atoms with Crippen LogP contribution in [0.3, 0.4) is 0 Å². The van der Waals surface area contributed by atoms with Crippen LogP contribution >= 0.6 is 0 Å².